The Labute approximate surface area is 100 Å². The van der Waals surface area contributed by atoms with Crippen LogP contribution >= 0.6 is 0 Å². The van der Waals surface area contributed by atoms with Gasteiger partial charge in [0.15, 0.2) is 5.65 Å². The lowest BCUT2D eigenvalue weighted by atomic mass is 10.2. The number of fused-ring (bicyclic) bond motifs is 1. The maximum Gasteiger partial charge on any atom is 0.157 e. The molecule has 0 aliphatic heterocycles. The normalized spacial score (nSPS) is 11.2. The van der Waals surface area contributed by atoms with E-state index in [1.54, 1.807) is 4.68 Å². The van der Waals surface area contributed by atoms with Crippen molar-refractivity contribution in [1.82, 2.24) is 20.1 Å². The summed E-state index contributed by atoms with van der Waals surface area (Å²) in [6.07, 6.45) is 2.65. The second kappa shape index (κ2) is 5.25. The van der Waals surface area contributed by atoms with Gasteiger partial charge in [-0.1, -0.05) is 0 Å². The number of aromatic nitrogens is 3. The first-order valence-electron chi connectivity index (χ1n) is 5.82. The van der Waals surface area contributed by atoms with Gasteiger partial charge < -0.3 is 10.4 Å². The topological polar surface area (TPSA) is 63.0 Å². The number of pyridine rings is 1. The number of aliphatic hydroxyl groups excluding tert-OH is 1. The second-order valence-electron chi connectivity index (χ2n) is 4.18. The van der Waals surface area contributed by atoms with Crippen molar-refractivity contribution in [3.8, 4) is 0 Å². The lowest BCUT2D eigenvalue weighted by Gasteiger charge is -2.03. The molecule has 0 bridgehead atoms. The van der Waals surface area contributed by atoms with E-state index < -0.39 is 0 Å². The van der Waals surface area contributed by atoms with Gasteiger partial charge >= 0.3 is 0 Å². The van der Waals surface area contributed by atoms with Crippen LogP contribution in [-0.2, 0) is 13.6 Å². The van der Waals surface area contributed by atoms with Gasteiger partial charge in [-0.2, -0.15) is 5.10 Å². The molecule has 17 heavy (non-hydrogen) atoms. The van der Waals surface area contributed by atoms with Gasteiger partial charge in [-0.25, -0.2) is 4.98 Å². The largest absolute Gasteiger partial charge is 0.396 e. The zero-order valence-corrected chi connectivity index (χ0v) is 10.3. The molecule has 0 saturated carbocycles. The Kier molecular flexibility index (Phi) is 3.71. The van der Waals surface area contributed by atoms with Crippen LogP contribution in [0.3, 0.4) is 0 Å². The lowest BCUT2D eigenvalue weighted by Crippen LogP contribution is -2.15. The quantitative estimate of drug-likeness (QED) is 0.749. The van der Waals surface area contributed by atoms with Gasteiger partial charge in [0.25, 0.3) is 0 Å². The summed E-state index contributed by atoms with van der Waals surface area (Å²) in [7, 11) is 1.90. The van der Waals surface area contributed by atoms with Gasteiger partial charge in [0.1, 0.15) is 0 Å². The molecule has 0 radical (unpaired) electrons. The van der Waals surface area contributed by atoms with E-state index in [4.69, 9.17) is 5.11 Å². The fourth-order valence-electron chi connectivity index (χ4n) is 1.88. The fourth-order valence-corrected chi connectivity index (χ4v) is 1.88. The van der Waals surface area contributed by atoms with Gasteiger partial charge in [0.2, 0.25) is 0 Å². The number of nitrogens with zero attached hydrogens (tertiary/aromatic N) is 3. The van der Waals surface area contributed by atoms with Crippen molar-refractivity contribution in [3.63, 3.8) is 0 Å². The molecule has 2 heterocycles. The minimum absolute atomic E-state index is 0.228. The molecule has 0 atom stereocenters. The van der Waals surface area contributed by atoms with Crippen LogP contribution in [-0.4, -0.2) is 33.0 Å². The standard InChI is InChI=1S/C12H18N4O/c1-9-11-6-10(7-13-4-3-5-17)8-14-12(11)16(2)15-9/h6,8,13,17H,3-5,7H2,1-2H3. The Bertz CT molecular complexity index is 506. The van der Waals surface area contributed by atoms with Gasteiger partial charge in [-0.3, -0.25) is 4.68 Å². The van der Waals surface area contributed by atoms with E-state index in [9.17, 15) is 0 Å². The highest BCUT2D eigenvalue weighted by molar-refractivity contribution is 5.78. The first-order chi connectivity index (χ1) is 8.22. The molecule has 0 aliphatic rings. The average Bonchev–Trinajstić information content (AvgIpc) is 2.61. The summed E-state index contributed by atoms with van der Waals surface area (Å²) in [5.74, 6) is 0. The van der Waals surface area contributed by atoms with E-state index in [0.717, 1.165) is 41.8 Å². The minimum Gasteiger partial charge on any atom is -0.396 e. The van der Waals surface area contributed by atoms with Gasteiger partial charge in [0, 0.05) is 31.8 Å². The minimum atomic E-state index is 0.228. The summed E-state index contributed by atoms with van der Waals surface area (Å²) >= 11 is 0. The predicted octanol–water partition coefficient (Wildman–Crippen LogP) is 0.749. The number of aryl methyl sites for hydroxylation is 2. The molecule has 2 aromatic heterocycles. The van der Waals surface area contributed by atoms with Crippen molar-refractivity contribution in [2.75, 3.05) is 13.2 Å². The Morgan fingerprint density at radius 2 is 2.29 bits per heavy atom. The van der Waals surface area contributed by atoms with E-state index in [2.05, 4.69) is 21.5 Å². The molecule has 2 aromatic rings. The van der Waals surface area contributed by atoms with Crippen LogP contribution < -0.4 is 5.32 Å². The maximum absolute atomic E-state index is 8.68. The van der Waals surface area contributed by atoms with Crippen LogP contribution in [0.4, 0.5) is 0 Å². The molecule has 0 unspecified atom stereocenters. The van der Waals surface area contributed by atoms with Gasteiger partial charge in [0.05, 0.1) is 5.69 Å². The highest BCUT2D eigenvalue weighted by Gasteiger charge is 2.06. The fraction of sp³-hybridized carbons (Fsp3) is 0.500. The van der Waals surface area contributed by atoms with E-state index in [1.807, 2.05) is 20.2 Å². The molecule has 0 saturated heterocycles. The van der Waals surface area contributed by atoms with Crippen molar-refractivity contribution < 1.29 is 5.11 Å². The molecule has 0 fully saturated rings. The highest BCUT2D eigenvalue weighted by atomic mass is 16.3. The molecule has 0 aromatic carbocycles. The average molecular weight is 234 g/mol. The summed E-state index contributed by atoms with van der Waals surface area (Å²) in [6.45, 7) is 3.82. The van der Waals surface area contributed by atoms with Crippen LogP contribution in [0.2, 0.25) is 0 Å². The van der Waals surface area contributed by atoms with Crippen LogP contribution in [0.25, 0.3) is 11.0 Å². The van der Waals surface area contributed by atoms with Gasteiger partial charge in [-0.15, -0.1) is 0 Å². The second-order valence-corrected chi connectivity index (χ2v) is 4.18. The molecule has 0 spiro atoms. The zero-order chi connectivity index (χ0) is 12.3. The molecular weight excluding hydrogens is 216 g/mol. The molecule has 0 amide bonds. The first-order valence-corrected chi connectivity index (χ1v) is 5.82. The third kappa shape index (κ3) is 2.62. The third-order valence-corrected chi connectivity index (χ3v) is 2.76. The molecule has 2 N–H and O–H groups in total. The first kappa shape index (κ1) is 12.0. The van der Waals surface area contributed by atoms with Crippen LogP contribution in [0.1, 0.15) is 17.7 Å². The Morgan fingerprint density at radius 1 is 1.47 bits per heavy atom. The highest BCUT2D eigenvalue weighted by Crippen LogP contribution is 2.16. The summed E-state index contributed by atoms with van der Waals surface area (Å²) in [5.41, 5.74) is 3.07. The monoisotopic (exact) mass is 234 g/mol. The smallest absolute Gasteiger partial charge is 0.157 e. The number of hydrogen-bond donors (Lipinski definition) is 2. The summed E-state index contributed by atoms with van der Waals surface area (Å²) in [6, 6.07) is 2.12. The molecular formula is C12H18N4O. The number of nitrogens with one attached hydrogen (secondary N) is 1. The number of rotatable bonds is 5. The molecule has 5 nitrogen and oxygen atoms in total. The predicted molar refractivity (Wildman–Crippen MR) is 66.7 cm³/mol. The Hall–Kier alpha value is -1.46. The molecule has 92 valence electrons. The lowest BCUT2D eigenvalue weighted by molar-refractivity contribution is 0.286. The van der Waals surface area contributed by atoms with Crippen LogP contribution in [0.15, 0.2) is 12.3 Å². The number of hydrogen-bond acceptors (Lipinski definition) is 4. The van der Waals surface area contributed by atoms with Crippen LogP contribution in [0, 0.1) is 6.92 Å². The summed E-state index contributed by atoms with van der Waals surface area (Å²) < 4.78 is 1.80. The van der Waals surface area contributed by atoms with Crippen molar-refractivity contribution in [2.24, 2.45) is 7.05 Å². The van der Waals surface area contributed by atoms with Crippen molar-refractivity contribution >= 4 is 11.0 Å². The molecule has 5 heteroatoms. The van der Waals surface area contributed by atoms with Crippen molar-refractivity contribution in [1.29, 1.82) is 0 Å². The SMILES string of the molecule is Cc1nn(C)c2ncc(CNCCCO)cc12. The Morgan fingerprint density at radius 3 is 3.06 bits per heavy atom. The van der Waals surface area contributed by atoms with Crippen molar-refractivity contribution in [2.45, 2.75) is 19.9 Å². The third-order valence-electron chi connectivity index (χ3n) is 2.76. The Balaban J connectivity index is 2.11. The van der Waals surface area contributed by atoms with Crippen molar-refractivity contribution in [3.05, 3.63) is 23.5 Å². The summed E-state index contributed by atoms with van der Waals surface area (Å²) in [5, 5.41) is 17.4. The van der Waals surface area contributed by atoms with E-state index in [1.165, 1.54) is 0 Å². The zero-order valence-electron chi connectivity index (χ0n) is 10.3. The summed E-state index contributed by atoms with van der Waals surface area (Å²) in [4.78, 5) is 4.41. The van der Waals surface area contributed by atoms with E-state index in [-0.39, 0.29) is 6.61 Å². The molecule has 0 aliphatic carbocycles. The van der Waals surface area contributed by atoms with E-state index >= 15 is 0 Å². The molecule has 2 rings (SSSR count). The number of aliphatic hydroxyl groups is 1. The van der Waals surface area contributed by atoms with Crippen LogP contribution in [0.5, 0.6) is 0 Å². The van der Waals surface area contributed by atoms with Gasteiger partial charge in [-0.05, 0) is 31.5 Å². The maximum atomic E-state index is 8.68. The van der Waals surface area contributed by atoms with E-state index in [0.29, 0.717) is 0 Å².